The first-order chi connectivity index (χ1) is 14.5. The Kier molecular flexibility index (Phi) is 7.15. The van der Waals surface area contributed by atoms with Crippen LogP contribution in [0.15, 0.2) is 48.7 Å². The zero-order valence-electron chi connectivity index (χ0n) is 17.3. The lowest BCUT2D eigenvalue weighted by Crippen LogP contribution is -2.34. The molecule has 154 valence electrons. The number of benzene rings is 1. The van der Waals surface area contributed by atoms with Crippen molar-refractivity contribution in [1.82, 2.24) is 9.97 Å². The van der Waals surface area contributed by atoms with Crippen LogP contribution < -0.4 is 9.64 Å². The summed E-state index contributed by atoms with van der Waals surface area (Å²) >= 11 is 1.53. The summed E-state index contributed by atoms with van der Waals surface area (Å²) in [4.78, 5) is 23.6. The van der Waals surface area contributed by atoms with Crippen molar-refractivity contribution in [3.05, 3.63) is 70.5 Å². The summed E-state index contributed by atoms with van der Waals surface area (Å²) < 4.78 is 5.59. The summed E-state index contributed by atoms with van der Waals surface area (Å²) in [5, 5.41) is 11.0. The topological polar surface area (TPSA) is 79.1 Å². The van der Waals surface area contributed by atoms with E-state index in [0.717, 1.165) is 27.7 Å². The van der Waals surface area contributed by atoms with Crippen LogP contribution in [0.3, 0.4) is 0 Å². The molecule has 0 unspecified atom stereocenters. The molecular weight excluding hydrogens is 396 g/mol. The molecule has 0 bridgehead atoms. The minimum atomic E-state index is -0.189. The van der Waals surface area contributed by atoms with Crippen molar-refractivity contribution in [2.24, 2.45) is 5.92 Å². The number of nitriles is 1. The first-order valence-corrected chi connectivity index (χ1v) is 10.6. The van der Waals surface area contributed by atoms with Crippen LogP contribution >= 0.6 is 11.3 Å². The van der Waals surface area contributed by atoms with Gasteiger partial charge in [-0.15, -0.1) is 11.3 Å². The standard InChI is InChI=1S/C23H24N4O2S/c1-16(2)11-21-26-17(3)23(30-21)27(14-19-8-6-7-18(12-19)13-24)22(28)15-29-20-9-4-5-10-25-20/h4-10,12,16H,11,14-15H2,1-3H3. The van der Waals surface area contributed by atoms with Gasteiger partial charge in [0.2, 0.25) is 5.88 Å². The highest BCUT2D eigenvalue weighted by Gasteiger charge is 2.23. The van der Waals surface area contributed by atoms with Gasteiger partial charge in [-0.2, -0.15) is 5.26 Å². The van der Waals surface area contributed by atoms with E-state index in [2.05, 4.69) is 29.9 Å². The number of hydrogen-bond acceptors (Lipinski definition) is 6. The quantitative estimate of drug-likeness (QED) is 0.535. The molecule has 3 aromatic rings. The summed E-state index contributed by atoms with van der Waals surface area (Å²) in [5.74, 6) is 0.692. The smallest absolute Gasteiger partial charge is 0.265 e. The fraction of sp³-hybridized carbons (Fsp3) is 0.304. The zero-order chi connectivity index (χ0) is 21.5. The van der Waals surface area contributed by atoms with Gasteiger partial charge in [-0.1, -0.05) is 32.0 Å². The highest BCUT2D eigenvalue weighted by atomic mass is 32.1. The molecule has 2 aromatic heterocycles. The van der Waals surface area contributed by atoms with Crippen molar-refractivity contribution in [2.75, 3.05) is 11.5 Å². The fourth-order valence-electron chi connectivity index (χ4n) is 2.97. The summed E-state index contributed by atoms with van der Waals surface area (Å²) in [7, 11) is 0. The second kappa shape index (κ2) is 9.99. The van der Waals surface area contributed by atoms with Crippen molar-refractivity contribution in [3.63, 3.8) is 0 Å². The lowest BCUT2D eigenvalue weighted by Gasteiger charge is -2.22. The van der Waals surface area contributed by atoms with Crippen LogP contribution in [0.25, 0.3) is 0 Å². The number of aryl methyl sites for hydroxylation is 1. The molecule has 6 nitrogen and oxygen atoms in total. The van der Waals surface area contributed by atoms with E-state index in [9.17, 15) is 10.1 Å². The van der Waals surface area contributed by atoms with Gasteiger partial charge in [0.25, 0.3) is 5.91 Å². The van der Waals surface area contributed by atoms with Gasteiger partial charge in [-0.3, -0.25) is 9.69 Å². The van der Waals surface area contributed by atoms with Crippen molar-refractivity contribution in [3.8, 4) is 11.9 Å². The second-order valence-corrected chi connectivity index (χ2v) is 8.41. The molecule has 0 saturated heterocycles. The van der Waals surface area contributed by atoms with Gasteiger partial charge < -0.3 is 4.74 Å². The molecule has 3 rings (SSSR count). The number of hydrogen-bond donors (Lipinski definition) is 0. The Labute approximate surface area is 180 Å². The lowest BCUT2D eigenvalue weighted by atomic mass is 10.1. The number of rotatable bonds is 8. The molecule has 0 atom stereocenters. The molecule has 2 heterocycles. The third-order valence-corrected chi connectivity index (χ3v) is 5.53. The van der Waals surface area contributed by atoms with Gasteiger partial charge in [0.15, 0.2) is 6.61 Å². The molecular formula is C23H24N4O2S. The molecule has 0 spiro atoms. The van der Waals surface area contributed by atoms with Crippen molar-refractivity contribution >= 4 is 22.2 Å². The van der Waals surface area contributed by atoms with E-state index in [0.29, 0.717) is 23.9 Å². The fourth-order valence-corrected chi connectivity index (χ4v) is 4.26. The number of carbonyl (C=O) groups excluding carboxylic acids is 1. The molecule has 0 aliphatic heterocycles. The summed E-state index contributed by atoms with van der Waals surface area (Å²) in [5.41, 5.74) is 2.25. The van der Waals surface area contributed by atoms with Gasteiger partial charge in [0.1, 0.15) is 5.00 Å². The number of thiazole rings is 1. The predicted molar refractivity (Wildman–Crippen MR) is 117 cm³/mol. The second-order valence-electron chi connectivity index (χ2n) is 7.34. The van der Waals surface area contributed by atoms with Crippen LogP contribution in [0, 0.1) is 24.2 Å². The molecule has 0 radical (unpaired) electrons. The van der Waals surface area contributed by atoms with E-state index in [-0.39, 0.29) is 12.5 Å². The minimum Gasteiger partial charge on any atom is -0.468 e. The average Bonchev–Trinajstić information content (AvgIpc) is 3.10. The maximum atomic E-state index is 13.1. The molecule has 1 aromatic carbocycles. The van der Waals surface area contributed by atoms with E-state index < -0.39 is 0 Å². The first kappa shape index (κ1) is 21.5. The highest BCUT2D eigenvalue weighted by Crippen LogP contribution is 2.31. The molecule has 0 fully saturated rings. The van der Waals surface area contributed by atoms with Gasteiger partial charge in [-0.25, -0.2) is 9.97 Å². The average molecular weight is 421 g/mol. The molecule has 30 heavy (non-hydrogen) atoms. The van der Waals surface area contributed by atoms with Gasteiger partial charge in [-0.05, 0) is 36.6 Å². The van der Waals surface area contributed by atoms with Crippen LogP contribution in [0.5, 0.6) is 5.88 Å². The summed E-state index contributed by atoms with van der Waals surface area (Å²) in [6.07, 6.45) is 2.48. The largest absolute Gasteiger partial charge is 0.468 e. The number of nitrogens with zero attached hydrogens (tertiary/aromatic N) is 4. The molecule has 0 N–H and O–H groups in total. The summed E-state index contributed by atoms with van der Waals surface area (Å²) in [6, 6.07) is 14.7. The first-order valence-electron chi connectivity index (χ1n) is 9.75. The van der Waals surface area contributed by atoms with Gasteiger partial charge >= 0.3 is 0 Å². The highest BCUT2D eigenvalue weighted by molar-refractivity contribution is 7.16. The minimum absolute atomic E-state index is 0.133. The molecule has 0 saturated carbocycles. The van der Waals surface area contributed by atoms with Crippen molar-refractivity contribution in [1.29, 1.82) is 5.26 Å². The Balaban J connectivity index is 1.86. The number of aromatic nitrogens is 2. The third-order valence-electron chi connectivity index (χ3n) is 4.32. The lowest BCUT2D eigenvalue weighted by molar-refractivity contribution is -0.120. The number of amides is 1. The van der Waals surface area contributed by atoms with Crippen LogP contribution in [0.2, 0.25) is 0 Å². The maximum absolute atomic E-state index is 13.1. The van der Waals surface area contributed by atoms with E-state index in [1.54, 1.807) is 35.4 Å². The Morgan fingerprint density at radius 1 is 1.27 bits per heavy atom. The Morgan fingerprint density at radius 2 is 2.10 bits per heavy atom. The number of ether oxygens (including phenoxy) is 1. The van der Waals surface area contributed by atoms with Gasteiger partial charge in [0, 0.05) is 18.7 Å². The maximum Gasteiger partial charge on any atom is 0.265 e. The van der Waals surface area contributed by atoms with Crippen molar-refractivity contribution < 1.29 is 9.53 Å². The Hall–Kier alpha value is -3.24. The van der Waals surface area contributed by atoms with Crippen LogP contribution in [0.1, 0.15) is 35.7 Å². The molecule has 7 heteroatoms. The summed E-state index contributed by atoms with van der Waals surface area (Å²) in [6.45, 7) is 6.41. The van der Waals surface area contributed by atoms with Gasteiger partial charge in [0.05, 0.1) is 28.9 Å². The molecule has 1 amide bonds. The van der Waals surface area contributed by atoms with Crippen LogP contribution in [-0.4, -0.2) is 22.5 Å². The van der Waals surface area contributed by atoms with Crippen LogP contribution in [-0.2, 0) is 17.8 Å². The van der Waals surface area contributed by atoms with E-state index in [1.807, 2.05) is 25.1 Å². The number of carbonyl (C=O) groups is 1. The normalized spacial score (nSPS) is 10.6. The Morgan fingerprint density at radius 3 is 2.80 bits per heavy atom. The predicted octanol–water partition coefficient (Wildman–Crippen LogP) is 4.53. The molecule has 0 aliphatic carbocycles. The number of pyridine rings is 1. The monoisotopic (exact) mass is 420 g/mol. The SMILES string of the molecule is Cc1nc(CC(C)C)sc1N(Cc1cccc(C#N)c1)C(=O)COc1ccccn1. The van der Waals surface area contributed by atoms with E-state index >= 15 is 0 Å². The Bertz CT molecular complexity index is 1040. The van der Waals surface area contributed by atoms with Crippen molar-refractivity contribution in [2.45, 2.75) is 33.7 Å². The van der Waals surface area contributed by atoms with E-state index in [4.69, 9.17) is 4.74 Å². The zero-order valence-corrected chi connectivity index (χ0v) is 18.1. The third kappa shape index (κ3) is 5.65. The van der Waals surface area contributed by atoms with E-state index in [1.165, 1.54) is 11.3 Å². The molecule has 0 aliphatic rings. The van der Waals surface area contributed by atoms with Crippen LogP contribution in [0.4, 0.5) is 5.00 Å². The number of anilines is 1.